The Balaban J connectivity index is 1.49. The lowest BCUT2D eigenvalue weighted by molar-refractivity contribution is -0.161. The second kappa shape index (κ2) is 12.6. The van der Waals surface area contributed by atoms with Crippen molar-refractivity contribution in [3.8, 4) is 0 Å². The third-order valence-electron chi connectivity index (χ3n) is 7.09. The van der Waals surface area contributed by atoms with Crippen molar-refractivity contribution in [1.29, 1.82) is 0 Å². The molecule has 0 aliphatic carbocycles. The van der Waals surface area contributed by atoms with Crippen molar-refractivity contribution in [2.45, 2.75) is 89.8 Å². The molecule has 3 amide bonds. The van der Waals surface area contributed by atoms with Crippen molar-refractivity contribution in [2.75, 3.05) is 32.7 Å². The Morgan fingerprint density at radius 3 is 2.44 bits per heavy atom. The minimum absolute atomic E-state index is 0.00450. The van der Waals surface area contributed by atoms with E-state index in [1.54, 1.807) is 0 Å². The number of rotatable bonds is 10. The van der Waals surface area contributed by atoms with Crippen LogP contribution in [-0.4, -0.2) is 77.6 Å². The van der Waals surface area contributed by atoms with E-state index in [0.29, 0.717) is 38.8 Å². The van der Waals surface area contributed by atoms with Crippen molar-refractivity contribution in [3.63, 3.8) is 0 Å². The van der Waals surface area contributed by atoms with E-state index < -0.39 is 23.3 Å². The van der Waals surface area contributed by atoms with Crippen LogP contribution < -0.4 is 10.6 Å². The molecular weight excluding hydrogens is 456 g/mol. The monoisotopic (exact) mass is 500 g/mol. The van der Waals surface area contributed by atoms with E-state index in [1.165, 1.54) is 5.56 Å². The summed E-state index contributed by atoms with van der Waals surface area (Å²) in [5.74, 6) is 0.0319. The summed E-state index contributed by atoms with van der Waals surface area (Å²) in [5, 5.41) is 5.81. The molecule has 0 saturated carbocycles. The molecule has 2 fully saturated rings. The number of alkyl carbamates (subject to hydrolysis) is 1. The molecule has 1 aromatic carbocycles. The van der Waals surface area contributed by atoms with Gasteiger partial charge in [0.2, 0.25) is 11.8 Å². The first-order chi connectivity index (χ1) is 17.1. The minimum Gasteiger partial charge on any atom is -0.444 e. The van der Waals surface area contributed by atoms with Crippen molar-refractivity contribution in [3.05, 3.63) is 35.9 Å². The molecule has 2 N–H and O–H groups in total. The Bertz CT molecular complexity index is 875. The lowest BCUT2D eigenvalue weighted by atomic mass is 9.81. The Hall–Kier alpha value is -2.61. The van der Waals surface area contributed by atoms with Crippen LogP contribution in [0.2, 0.25) is 0 Å². The zero-order chi connectivity index (χ0) is 26.2. The molecule has 3 rings (SSSR count). The van der Waals surface area contributed by atoms with Crippen LogP contribution in [0.4, 0.5) is 4.79 Å². The number of carbonyl (C=O) groups excluding carboxylic acids is 3. The van der Waals surface area contributed by atoms with Crippen LogP contribution in [0.15, 0.2) is 30.3 Å². The van der Waals surface area contributed by atoms with Crippen LogP contribution >= 0.6 is 0 Å². The maximum atomic E-state index is 13.5. The standard InChI is InChI=1S/C28H44N4O4/c1-5-18-32-24(33)23(13-9-10-17-29-26(35)36-27(2,3)4)30-25(34)28(32)15-20-31(21-16-28)19-14-22-11-7-6-8-12-22/h6-8,11-12,23H,5,9-10,13-21H2,1-4H3,(H,29,35)(H,30,34)/t23-/m0/s1. The topological polar surface area (TPSA) is 91.0 Å². The molecule has 8 nitrogen and oxygen atoms in total. The highest BCUT2D eigenvalue weighted by Gasteiger charge is 2.52. The number of hydrogen-bond donors (Lipinski definition) is 2. The minimum atomic E-state index is -0.731. The highest BCUT2D eigenvalue weighted by atomic mass is 16.6. The van der Waals surface area contributed by atoms with E-state index in [4.69, 9.17) is 4.74 Å². The molecule has 0 bridgehead atoms. The molecule has 0 unspecified atom stereocenters. The molecular formula is C28H44N4O4. The molecule has 0 radical (unpaired) electrons. The molecule has 2 heterocycles. The average Bonchev–Trinajstić information content (AvgIpc) is 2.84. The first-order valence-corrected chi connectivity index (χ1v) is 13.5. The van der Waals surface area contributed by atoms with Crippen molar-refractivity contribution in [1.82, 2.24) is 20.4 Å². The maximum Gasteiger partial charge on any atom is 0.407 e. The second-order valence-corrected chi connectivity index (χ2v) is 11.0. The van der Waals surface area contributed by atoms with Gasteiger partial charge in [0, 0.05) is 32.7 Å². The van der Waals surface area contributed by atoms with Gasteiger partial charge >= 0.3 is 6.09 Å². The molecule has 36 heavy (non-hydrogen) atoms. The van der Waals surface area contributed by atoms with Crippen LogP contribution in [0.25, 0.3) is 0 Å². The summed E-state index contributed by atoms with van der Waals surface area (Å²) in [6, 6.07) is 9.96. The quantitative estimate of drug-likeness (QED) is 0.480. The smallest absolute Gasteiger partial charge is 0.407 e. The normalized spacial score (nSPS) is 20.3. The van der Waals surface area contributed by atoms with Crippen LogP contribution in [0, 0.1) is 0 Å². The van der Waals surface area contributed by atoms with Gasteiger partial charge in [-0.15, -0.1) is 0 Å². The van der Waals surface area contributed by atoms with Gasteiger partial charge in [-0.05, 0) is 71.3 Å². The van der Waals surface area contributed by atoms with Gasteiger partial charge in [-0.1, -0.05) is 37.3 Å². The SMILES string of the molecule is CCCN1C(=O)[C@H](CCCCNC(=O)OC(C)(C)C)NC(=O)C12CCN(CCc1ccccc1)CC2. The zero-order valence-electron chi connectivity index (χ0n) is 22.5. The molecule has 2 aliphatic heterocycles. The van der Waals surface area contributed by atoms with E-state index in [1.807, 2.05) is 31.7 Å². The van der Waals surface area contributed by atoms with E-state index >= 15 is 0 Å². The Morgan fingerprint density at radius 2 is 1.81 bits per heavy atom. The van der Waals surface area contributed by atoms with Gasteiger partial charge in [0.15, 0.2) is 0 Å². The summed E-state index contributed by atoms with van der Waals surface area (Å²) >= 11 is 0. The number of carbonyl (C=O) groups is 3. The van der Waals surface area contributed by atoms with E-state index in [2.05, 4.69) is 46.7 Å². The second-order valence-electron chi connectivity index (χ2n) is 11.0. The summed E-state index contributed by atoms with van der Waals surface area (Å²) in [4.78, 5) is 42.9. The molecule has 0 aromatic heterocycles. The maximum absolute atomic E-state index is 13.5. The molecule has 8 heteroatoms. The molecule has 1 aromatic rings. The summed E-state index contributed by atoms with van der Waals surface area (Å²) in [7, 11) is 0. The van der Waals surface area contributed by atoms with Gasteiger partial charge in [-0.3, -0.25) is 9.59 Å². The fourth-order valence-corrected chi connectivity index (χ4v) is 5.17. The number of likely N-dealkylation sites (tertiary alicyclic amines) is 1. The van der Waals surface area contributed by atoms with E-state index in [-0.39, 0.29) is 11.8 Å². The summed E-state index contributed by atoms with van der Waals surface area (Å²) in [6.45, 7) is 11.2. The van der Waals surface area contributed by atoms with Crippen molar-refractivity contribution >= 4 is 17.9 Å². The number of ether oxygens (including phenoxy) is 1. The number of benzene rings is 1. The predicted octanol–water partition coefficient (Wildman–Crippen LogP) is 3.50. The summed E-state index contributed by atoms with van der Waals surface area (Å²) in [5.41, 5.74) is 0.0604. The number of nitrogens with one attached hydrogen (secondary N) is 2. The fraction of sp³-hybridized carbons (Fsp3) is 0.679. The molecule has 200 valence electrons. The first-order valence-electron chi connectivity index (χ1n) is 13.5. The Kier molecular flexibility index (Phi) is 9.77. The third kappa shape index (κ3) is 7.45. The summed E-state index contributed by atoms with van der Waals surface area (Å²) in [6.07, 6.45) is 4.74. The number of hydrogen-bond acceptors (Lipinski definition) is 5. The van der Waals surface area contributed by atoms with Crippen molar-refractivity contribution in [2.24, 2.45) is 0 Å². The highest BCUT2D eigenvalue weighted by Crippen LogP contribution is 2.34. The molecule has 2 aliphatic rings. The Labute approximate surface area is 216 Å². The zero-order valence-corrected chi connectivity index (χ0v) is 22.5. The highest BCUT2D eigenvalue weighted by molar-refractivity contribution is 6.00. The number of unbranched alkanes of at least 4 members (excludes halogenated alkanes) is 1. The lowest BCUT2D eigenvalue weighted by Gasteiger charge is -2.51. The molecule has 1 spiro atoms. The molecule has 1 atom stereocenters. The van der Waals surface area contributed by atoms with Gasteiger partial charge in [0.05, 0.1) is 0 Å². The average molecular weight is 501 g/mol. The molecule has 2 saturated heterocycles. The van der Waals surface area contributed by atoms with Crippen LogP contribution in [0.1, 0.15) is 71.8 Å². The first kappa shape index (κ1) is 28.0. The van der Waals surface area contributed by atoms with Gasteiger partial charge < -0.3 is 25.2 Å². The van der Waals surface area contributed by atoms with Gasteiger partial charge in [-0.2, -0.15) is 0 Å². The number of piperazine rings is 1. The predicted molar refractivity (Wildman–Crippen MR) is 141 cm³/mol. The van der Waals surface area contributed by atoms with Gasteiger partial charge in [0.25, 0.3) is 0 Å². The lowest BCUT2D eigenvalue weighted by Crippen LogP contribution is -2.72. The fourth-order valence-electron chi connectivity index (χ4n) is 5.17. The largest absolute Gasteiger partial charge is 0.444 e. The number of amides is 3. The number of piperidine rings is 1. The van der Waals surface area contributed by atoms with Crippen LogP contribution in [-0.2, 0) is 20.7 Å². The van der Waals surface area contributed by atoms with Crippen LogP contribution in [0.3, 0.4) is 0 Å². The van der Waals surface area contributed by atoms with Gasteiger partial charge in [-0.25, -0.2) is 4.79 Å². The van der Waals surface area contributed by atoms with Crippen LogP contribution in [0.5, 0.6) is 0 Å². The number of nitrogens with zero attached hydrogens (tertiary/aromatic N) is 2. The summed E-state index contributed by atoms with van der Waals surface area (Å²) < 4.78 is 5.24. The van der Waals surface area contributed by atoms with E-state index in [0.717, 1.165) is 38.9 Å². The van der Waals surface area contributed by atoms with Crippen molar-refractivity contribution < 1.29 is 19.1 Å². The van der Waals surface area contributed by atoms with Gasteiger partial charge in [0.1, 0.15) is 17.2 Å². The Morgan fingerprint density at radius 1 is 1.11 bits per heavy atom. The third-order valence-corrected chi connectivity index (χ3v) is 7.09. The van der Waals surface area contributed by atoms with E-state index in [9.17, 15) is 14.4 Å².